The van der Waals surface area contributed by atoms with E-state index in [4.69, 9.17) is 18.9 Å². The van der Waals surface area contributed by atoms with Gasteiger partial charge in [-0.1, -0.05) is 26.7 Å². The maximum atomic E-state index is 11.7. The molecule has 2 aliphatic rings. The molecule has 0 amide bonds. The third-order valence-electron chi connectivity index (χ3n) is 5.33. The lowest BCUT2D eigenvalue weighted by molar-refractivity contribution is -0.146. The van der Waals surface area contributed by atoms with Gasteiger partial charge in [0, 0.05) is 12.8 Å². The van der Waals surface area contributed by atoms with Crippen LogP contribution >= 0.6 is 0 Å². The van der Waals surface area contributed by atoms with Crippen molar-refractivity contribution in [3.63, 3.8) is 0 Å². The van der Waals surface area contributed by atoms with Crippen molar-refractivity contribution in [2.75, 3.05) is 13.2 Å². The molecule has 0 aromatic rings. The SMILES string of the molecule is CCCC1OC1CCCOC(=O)CCCCC(=O)OCCCC1OC1CCC. The summed E-state index contributed by atoms with van der Waals surface area (Å²) in [6.45, 7) is 5.24. The highest BCUT2D eigenvalue weighted by atomic mass is 16.6. The normalized spacial score (nSPS) is 25.4. The Labute approximate surface area is 169 Å². The number of hydrogen-bond acceptors (Lipinski definition) is 6. The van der Waals surface area contributed by atoms with Gasteiger partial charge in [0.1, 0.15) is 0 Å². The summed E-state index contributed by atoms with van der Waals surface area (Å²) in [5.74, 6) is -0.359. The first-order valence-electron chi connectivity index (χ1n) is 11.3. The van der Waals surface area contributed by atoms with Gasteiger partial charge >= 0.3 is 11.9 Å². The standard InChI is InChI=1S/C22H38O6/c1-3-9-17-19(27-17)11-7-15-25-21(23)13-5-6-14-22(24)26-16-8-12-20-18(28-20)10-4-2/h17-20H,3-16H2,1-2H3. The minimum Gasteiger partial charge on any atom is -0.466 e. The maximum Gasteiger partial charge on any atom is 0.305 e. The minimum atomic E-state index is -0.179. The summed E-state index contributed by atoms with van der Waals surface area (Å²) in [6, 6.07) is 0. The van der Waals surface area contributed by atoms with Gasteiger partial charge in [-0.2, -0.15) is 0 Å². The number of hydrogen-bond donors (Lipinski definition) is 0. The van der Waals surface area contributed by atoms with Gasteiger partial charge in [-0.05, 0) is 51.4 Å². The molecule has 4 unspecified atom stereocenters. The zero-order chi connectivity index (χ0) is 20.2. The van der Waals surface area contributed by atoms with Crippen molar-refractivity contribution in [1.29, 1.82) is 0 Å². The average molecular weight is 399 g/mol. The van der Waals surface area contributed by atoms with E-state index in [-0.39, 0.29) is 11.9 Å². The van der Waals surface area contributed by atoms with Gasteiger partial charge < -0.3 is 18.9 Å². The molecule has 2 aliphatic heterocycles. The number of carbonyl (C=O) groups is 2. The van der Waals surface area contributed by atoms with E-state index >= 15 is 0 Å². The first-order chi connectivity index (χ1) is 13.6. The number of esters is 2. The molecule has 6 nitrogen and oxygen atoms in total. The molecule has 0 saturated carbocycles. The van der Waals surface area contributed by atoms with Crippen LogP contribution in [0.25, 0.3) is 0 Å². The molecule has 6 heteroatoms. The van der Waals surface area contributed by atoms with Crippen LogP contribution < -0.4 is 0 Å². The lowest BCUT2D eigenvalue weighted by Gasteiger charge is -2.05. The molecular weight excluding hydrogens is 360 g/mol. The summed E-state index contributed by atoms with van der Waals surface area (Å²) in [5, 5.41) is 0. The highest BCUT2D eigenvalue weighted by Gasteiger charge is 2.37. The van der Waals surface area contributed by atoms with Crippen molar-refractivity contribution in [3.8, 4) is 0 Å². The molecule has 0 aromatic heterocycles. The smallest absolute Gasteiger partial charge is 0.305 e. The first kappa shape index (κ1) is 23.1. The second kappa shape index (κ2) is 13.2. The summed E-state index contributed by atoms with van der Waals surface area (Å²) < 4.78 is 21.5. The van der Waals surface area contributed by atoms with E-state index in [1.165, 1.54) is 0 Å². The third kappa shape index (κ3) is 9.87. The number of carbonyl (C=O) groups excluding carboxylic acids is 2. The van der Waals surface area contributed by atoms with Gasteiger partial charge in [-0.25, -0.2) is 0 Å². The van der Waals surface area contributed by atoms with E-state index in [2.05, 4.69) is 13.8 Å². The Hall–Kier alpha value is -1.14. The Morgan fingerprint density at radius 3 is 1.43 bits per heavy atom. The molecule has 2 fully saturated rings. The van der Waals surface area contributed by atoms with Gasteiger partial charge in [0.15, 0.2) is 0 Å². The van der Waals surface area contributed by atoms with E-state index in [1.807, 2.05) is 0 Å². The zero-order valence-corrected chi connectivity index (χ0v) is 17.7. The minimum absolute atomic E-state index is 0.179. The molecule has 0 N–H and O–H groups in total. The molecular formula is C22H38O6. The highest BCUT2D eigenvalue weighted by Crippen LogP contribution is 2.30. The average Bonchev–Trinajstić information content (AvgIpc) is 3.58. The van der Waals surface area contributed by atoms with E-state index in [1.54, 1.807) is 0 Å². The molecule has 0 aliphatic carbocycles. The highest BCUT2D eigenvalue weighted by molar-refractivity contribution is 5.70. The van der Waals surface area contributed by atoms with Crippen LogP contribution in [0.5, 0.6) is 0 Å². The van der Waals surface area contributed by atoms with Crippen molar-refractivity contribution in [2.24, 2.45) is 0 Å². The Morgan fingerprint density at radius 2 is 1.04 bits per heavy atom. The summed E-state index contributed by atoms with van der Waals surface area (Å²) in [5.41, 5.74) is 0. The van der Waals surface area contributed by atoms with Gasteiger partial charge in [0.25, 0.3) is 0 Å². The lowest BCUT2D eigenvalue weighted by Crippen LogP contribution is -2.09. The largest absolute Gasteiger partial charge is 0.466 e. The van der Waals surface area contributed by atoms with Gasteiger partial charge in [0.2, 0.25) is 0 Å². The monoisotopic (exact) mass is 398 g/mol. The predicted molar refractivity (Wildman–Crippen MR) is 106 cm³/mol. The molecule has 0 bridgehead atoms. The fraction of sp³-hybridized carbons (Fsp3) is 0.909. The number of epoxide rings is 2. The molecule has 0 spiro atoms. The van der Waals surface area contributed by atoms with Gasteiger partial charge in [-0.3, -0.25) is 9.59 Å². The Kier molecular flexibility index (Phi) is 10.9. The molecule has 0 aromatic carbocycles. The van der Waals surface area contributed by atoms with Crippen molar-refractivity contribution in [3.05, 3.63) is 0 Å². The summed E-state index contributed by atoms with van der Waals surface area (Å²) in [4.78, 5) is 23.4. The van der Waals surface area contributed by atoms with E-state index in [0.29, 0.717) is 63.3 Å². The van der Waals surface area contributed by atoms with Crippen LogP contribution in [0.2, 0.25) is 0 Å². The number of unbranched alkanes of at least 4 members (excludes halogenated alkanes) is 1. The molecule has 2 rings (SSSR count). The van der Waals surface area contributed by atoms with E-state index in [0.717, 1.165) is 51.4 Å². The van der Waals surface area contributed by atoms with Crippen LogP contribution in [0.3, 0.4) is 0 Å². The number of rotatable bonds is 17. The quantitative estimate of drug-likeness (QED) is 0.206. The topological polar surface area (TPSA) is 77.7 Å². The van der Waals surface area contributed by atoms with Crippen LogP contribution in [0.15, 0.2) is 0 Å². The van der Waals surface area contributed by atoms with E-state index < -0.39 is 0 Å². The molecule has 2 heterocycles. The van der Waals surface area contributed by atoms with Crippen LogP contribution in [0.4, 0.5) is 0 Å². The molecule has 2 saturated heterocycles. The fourth-order valence-corrected chi connectivity index (χ4v) is 3.57. The van der Waals surface area contributed by atoms with Crippen molar-refractivity contribution < 1.29 is 28.5 Å². The molecule has 0 radical (unpaired) electrons. The third-order valence-corrected chi connectivity index (χ3v) is 5.33. The maximum absolute atomic E-state index is 11.7. The van der Waals surface area contributed by atoms with Crippen LogP contribution in [-0.2, 0) is 28.5 Å². The van der Waals surface area contributed by atoms with Crippen molar-refractivity contribution in [1.82, 2.24) is 0 Å². The first-order valence-corrected chi connectivity index (χ1v) is 11.3. The van der Waals surface area contributed by atoms with E-state index in [9.17, 15) is 9.59 Å². The summed E-state index contributed by atoms with van der Waals surface area (Å²) in [7, 11) is 0. The van der Waals surface area contributed by atoms with Gasteiger partial charge in [0.05, 0.1) is 37.6 Å². The molecule has 4 atom stereocenters. The lowest BCUT2D eigenvalue weighted by atomic mass is 10.1. The number of ether oxygens (including phenoxy) is 4. The van der Waals surface area contributed by atoms with Crippen LogP contribution in [0, 0.1) is 0 Å². The predicted octanol–water partition coefficient (Wildman–Crippen LogP) is 4.33. The van der Waals surface area contributed by atoms with Crippen LogP contribution in [0.1, 0.15) is 90.9 Å². The summed E-state index contributed by atoms with van der Waals surface area (Å²) >= 11 is 0. The second-order valence-electron chi connectivity index (χ2n) is 7.94. The van der Waals surface area contributed by atoms with Gasteiger partial charge in [-0.15, -0.1) is 0 Å². The molecule has 28 heavy (non-hydrogen) atoms. The Bertz CT molecular complexity index is 424. The zero-order valence-electron chi connectivity index (χ0n) is 17.7. The Balaban J connectivity index is 1.32. The second-order valence-corrected chi connectivity index (χ2v) is 7.94. The fourth-order valence-electron chi connectivity index (χ4n) is 3.57. The van der Waals surface area contributed by atoms with Crippen molar-refractivity contribution in [2.45, 2.75) is 115 Å². The van der Waals surface area contributed by atoms with Crippen LogP contribution in [-0.4, -0.2) is 49.6 Å². The summed E-state index contributed by atoms with van der Waals surface area (Å²) in [6.07, 6.45) is 11.9. The van der Waals surface area contributed by atoms with Crippen molar-refractivity contribution >= 4 is 11.9 Å². The Morgan fingerprint density at radius 1 is 0.643 bits per heavy atom. The molecule has 162 valence electrons.